The van der Waals surface area contributed by atoms with E-state index >= 15 is 0 Å². The highest BCUT2D eigenvalue weighted by Gasteiger charge is 2.11. The van der Waals surface area contributed by atoms with E-state index in [1.54, 1.807) is 0 Å². The Bertz CT molecular complexity index is 1020. The van der Waals surface area contributed by atoms with Gasteiger partial charge in [0.1, 0.15) is 12.4 Å². The van der Waals surface area contributed by atoms with E-state index in [2.05, 4.69) is 25.6 Å². The smallest absolute Gasteiger partial charge is 0.325 e. The van der Waals surface area contributed by atoms with Crippen LogP contribution in [0.15, 0.2) is 54.6 Å². The first kappa shape index (κ1) is 19.7. The molecule has 1 aromatic heterocycles. The van der Waals surface area contributed by atoms with E-state index in [9.17, 15) is 14.0 Å². The lowest BCUT2D eigenvalue weighted by Crippen LogP contribution is -2.30. The molecule has 2 aromatic carbocycles. The van der Waals surface area contributed by atoms with Gasteiger partial charge in [0, 0.05) is 11.3 Å². The van der Waals surface area contributed by atoms with E-state index in [4.69, 9.17) is 10.5 Å². The number of hydrogen-bond acceptors (Lipinski definition) is 8. The number of hydrogen-bond donors (Lipinski definition) is 3. The Morgan fingerprint density at radius 2 is 1.83 bits per heavy atom. The minimum atomic E-state index is -0.716. The molecule has 0 saturated carbocycles. The van der Waals surface area contributed by atoms with Crippen molar-refractivity contribution in [3.8, 4) is 0 Å². The molecule has 0 radical (unpaired) electrons. The molecule has 0 aliphatic carbocycles. The zero-order chi connectivity index (χ0) is 20.6. The van der Waals surface area contributed by atoms with Gasteiger partial charge in [0.15, 0.2) is 12.4 Å². The maximum Gasteiger partial charge on any atom is 0.325 e. The molecule has 0 spiro atoms. The number of rotatable bonds is 7. The van der Waals surface area contributed by atoms with E-state index in [1.807, 2.05) is 30.3 Å². The Morgan fingerprint density at radius 3 is 2.59 bits per heavy atom. The fourth-order valence-corrected chi connectivity index (χ4v) is 2.29. The summed E-state index contributed by atoms with van der Waals surface area (Å²) in [6, 6.07) is 14.3. The van der Waals surface area contributed by atoms with Gasteiger partial charge in [0.05, 0.1) is 0 Å². The average molecular weight is 396 g/mol. The minimum absolute atomic E-state index is 0.0381. The summed E-state index contributed by atoms with van der Waals surface area (Å²) >= 11 is 0. The average Bonchev–Trinajstić information content (AvgIpc) is 2.71. The number of halogens is 1. The standard InChI is InChI=1S/C19H17FN6O3/c20-13-6-4-5-12(9-13)17(28)22-10-16(27)29-11-15-24-18(21)26-19(25-15)23-14-7-2-1-3-8-14/h1-9H,10-11H2,(H,22,28)(H3,21,23,24,25,26). The van der Waals surface area contributed by atoms with Gasteiger partial charge < -0.3 is 21.1 Å². The normalized spacial score (nSPS) is 10.2. The fourth-order valence-electron chi connectivity index (χ4n) is 2.29. The van der Waals surface area contributed by atoms with Crippen molar-refractivity contribution < 1.29 is 18.7 Å². The molecule has 0 aliphatic heterocycles. The number of esters is 1. The van der Waals surface area contributed by atoms with Crippen molar-refractivity contribution in [3.05, 3.63) is 71.8 Å². The molecule has 9 nitrogen and oxygen atoms in total. The lowest BCUT2D eigenvalue weighted by Gasteiger charge is -2.08. The van der Waals surface area contributed by atoms with Gasteiger partial charge in [-0.15, -0.1) is 0 Å². The lowest BCUT2D eigenvalue weighted by molar-refractivity contribution is -0.143. The predicted molar refractivity (Wildman–Crippen MR) is 102 cm³/mol. The summed E-state index contributed by atoms with van der Waals surface area (Å²) in [4.78, 5) is 35.8. The third-order valence-corrected chi connectivity index (χ3v) is 3.57. The summed E-state index contributed by atoms with van der Waals surface area (Å²) in [7, 11) is 0. The summed E-state index contributed by atoms with van der Waals surface area (Å²) in [5.41, 5.74) is 6.51. The highest BCUT2D eigenvalue weighted by atomic mass is 19.1. The van der Waals surface area contributed by atoms with Gasteiger partial charge in [-0.3, -0.25) is 9.59 Å². The Morgan fingerprint density at radius 1 is 1.03 bits per heavy atom. The molecule has 0 atom stereocenters. The molecule has 1 amide bonds. The monoisotopic (exact) mass is 396 g/mol. The molecule has 3 aromatic rings. The van der Waals surface area contributed by atoms with E-state index in [0.717, 1.165) is 11.8 Å². The highest BCUT2D eigenvalue weighted by molar-refractivity contribution is 5.95. The molecule has 0 aliphatic rings. The quantitative estimate of drug-likeness (QED) is 0.515. The summed E-state index contributed by atoms with van der Waals surface area (Å²) < 4.78 is 18.2. The second-order valence-corrected chi connectivity index (χ2v) is 5.78. The summed E-state index contributed by atoms with van der Waals surface area (Å²) in [5, 5.41) is 5.31. The first-order valence-corrected chi connectivity index (χ1v) is 8.51. The summed E-state index contributed by atoms with van der Waals surface area (Å²) in [6.45, 7) is -0.657. The third kappa shape index (κ3) is 5.96. The van der Waals surface area contributed by atoms with Crippen LogP contribution in [0.3, 0.4) is 0 Å². The maximum absolute atomic E-state index is 13.1. The van der Waals surface area contributed by atoms with Crippen LogP contribution in [-0.2, 0) is 16.1 Å². The van der Waals surface area contributed by atoms with E-state index in [-0.39, 0.29) is 29.9 Å². The van der Waals surface area contributed by atoms with Crippen LogP contribution in [0.2, 0.25) is 0 Å². The topological polar surface area (TPSA) is 132 Å². The van der Waals surface area contributed by atoms with Crippen molar-refractivity contribution in [2.75, 3.05) is 17.6 Å². The van der Waals surface area contributed by atoms with Crippen LogP contribution >= 0.6 is 0 Å². The van der Waals surface area contributed by atoms with Crippen molar-refractivity contribution in [1.29, 1.82) is 0 Å². The Labute approximate surface area is 165 Å². The number of nitrogen functional groups attached to an aromatic ring is 1. The number of carbonyl (C=O) groups is 2. The second-order valence-electron chi connectivity index (χ2n) is 5.78. The van der Waals surface area contributed by atoms with Crippen molar-refractivity contribution in [2.24, 2.45) is 0 Å². The Hall–Kier alpha value is -4.08. The SMILES string of the molecule is Nc1nc(COC(=O)CNC(=O)c2cccc(F)c2)nc(Nc2ccccc2)n1. The number of amides is 1. The number of benzene rings is 2. The maximum atomic E-state index is 13.1. The van der Waals surface area contributed by atoms with Crippen LogP contribution in [0.1, 0.15) is 16.2 Å². The van der Waals surface area contributed by atoms with Crippen LogP contribution in [0, 0.1) is 5.82 Å². The summed E-state index contributed by atoms with van der Waals surface area (Å²) in [5.74, 6) is -1.56. The first-order chi connectivity index (χ1) is 14.0. The predicted octanol–water partition coefficient (Wildman–Crippen LogP) is 1.81. The third-order valence-electron chi connectivity index (χ3n) is 3.57. The second kappa shape index (κ2) is 9.22. The van der Waals surface area contributed by atoms with Gasteiger partial charge in [-0.05, 0) is 30.3 Å². The molecular weight excluding hydrogens is 379 g/mol. The van der Waals surface area contributed by atoms with Crippen molar-refractivity contribution >= 4 is 29.5 Å². The largest absolute Gasteiger partial charge is 0.456 e. The van der Waals surface area contributed by atoms with Crippen LogP contribution in [0.5, 0.6) is 0 Å². The van der Waals surface area contributed by atoms with Gasteiger partial charge in [-0.1, -0.05) is 24.3 Å². The van der Waals surface area contributed by atoms with Crippen molar-refractivity contribution in [3.63, 3.8) is 0 Å². The molecule has 3 rings (SSSR count). The Balaban J connectivity index is 1.52. The molecule has 10 heteroatoms. The lowest BCUT2D eigenvalue weighted by atomic mass is 10.2. The zero-order valence-electron chi connectivity index (χ0n) is 15.1. The van der Waals surface area contributed by atoms with Gasteiger partial charge in [0.25, 0.3) is 5.91 Å². The minimum Gasteiger partial charge on any atom is -0.456 e. The molecule has 29 heavy (non-hydrogen) atoms. The van der Waals surface area contributed by atoms with Crippen LogP contribution < -0.4 is 16.4 Å². The molecule has 148 valence electrons. The zero-order valence-corrected chi connectivity index (χ0v) is 15.1. The molecular formula is C19H17FN6O3. The number of nitrogens with two attached hydrogens (primary N) is 1. The number of nitrogens with one attached hydrogen (secondary N) is 2. The van der Waals surface area contributed by atoms with Crippen LogP contribution in [0.25, 0.3) is 0 Å². The first-order valence-electron chi connectivity index (χ1n) is 8.51. The molecule has 0 fully saturated rings. The molecule has 0 unspecified atom stereocenters. The van der Waals surface area contributed by atoms with Crippen LogP contribution in [-0.4, -0.2) is 33.4 Å². The molecule has 4 N–H and O–H groups in total. The fraction of sp³-hybridized carbons (Fsp3) is 0.105. The summed E-state index contributed by atoms with van der Waals surface area (Å²) in [6.07, 6.45) is 0. The number of anilines is 3. The van der Waals surface area contributed by atoms with Gasteiger partial charge in [-0.25, -0.2) is 4.39 Å². The van der Waals surface area contributed by atoms with Crippen molar-refractivity contribution in [1.82, 2.24) is 20.3 Å². The van der Waals surface area contributed by atoms with Gasteiger partial charge in [-0.2, -0.15) is 15.0 Å². The highest BCUT2D eigenvalue weighted by Crippen LogP contribution is 2.13. The van der Waals surface area contributed by atoms with Gasteiger partial charge in [0.2, 0.25) is 11.9 Å². The molecule has 0 saturated heterocycles. The number of ether oxygens (including phenoxy) is 1. The van der Waals surface area contributed by atoms with Crippen molar-refractivity contribution in [2.45, 2.75) is 6.61 Å². The number of aromatic nitrogens is 3. The van der Waals surface area contributed by atoms with E-state index in [1.165, 1.54) is 18.2 Å². The van der Waals surface area contributed by atoms with E-state index < -0.39 is 24.2 Å². The molecule has 0 bridgehead atoms. The number of nitrogens with zero attached hydrogens (tertiary/aromatic N) is 3. The number of para-hydroxylation sites is 1. The molecule has 1 heterocycles. The Kier molecular flexibility index (Phi) is 6.25. The van der Waals surface area contributed by atoms with Crippen LogP contribution in [0.4, 0.5) is 22.0 Å². The number of carbonyl (C=O) groups excluding carboxylic acids is 2. The van der Waals surface area contributed by atoms with Gasteiger partial charge >= 0.3 is 5.97 Å². The van der Waals surface area contributed by atoms with E-state index in [0.29, 0.717) is 0 Å².